The predicted molar refractivity (Wildman–Crippen MR) is 120 cm³/mol. The molecule has 0 atom stereocenters. The molecule has 0 saturated heterocycles. The van der Waals surface area contributed by atoms with E-state index in [4.69, 9.17) is 21.1 Å². The van der Waals surface area contributed by atoms with E-state index < -0.39 is 22.5 Å². The molecule has 3 aromatic carbocycles. The van der Waals surface area contributed by atoms with Crippen LogP contribution in [0.2, 0.25) is 5.02 Å². The number of carbonyl (C=O) groups excluding carboxylic acids is 1. The van der Waals surface area contributed by atoms with Crippen LogP contribution in [0.5, 0.6) is 11.5 Å². The smallest absolute Gasteiger partial charge is 0.278 e. The number of nitrogens with zero attached hydrogens (tertiary/aromatic N) is 1. The van der Waals surface area contributed by atoms with E-state index in [0.29, 0.717) is 23.1 Å². The van der Waals surface area contributed by atoms with Crippen molar-refractivity contribution >= 4 is 33.2 Å². The molecule has 0 aliphatic carbocycles. The number of rotatable bonds is 8. The number of ether oxygens (including phenoxy) is 2. The maximum absolute atomic E-state index is 13.3. The lowest BCUT2D eigenvalue weighted by atomic mass is 10.2. The molecule has 0 aliphatic rings. The summed E-state index contributed by atoms with van der Waals surface area (Å²) in [4.78, 5) is 13.0. The van der Waals surface area contributed by atoms with Gasteiger partial charge in [-0.1, -0.05) is 29.3 Å². The van der Waals surface area contributed by atoms with Crippen LogP contribution in [-0.4, -0.2) is 27.5 Å². The molecule has 0 unspecified atom stereocenters. The number of sulfonamides is 1. The quantitative estimate of drug-likeness (QED) is 0.481. The van der Waals surface area contributed by atoms with Crippen molar-refractivity contribution in [1.82, 2.24) is 0 Å². The lowest BCUT2D eigenvalue weighted by Crippen LogP contribution is -2.40. The van der Waals surface area contributed by atoms with Crippen molar-refractivity contribution in [2.24, 2.45) is 0 Å². The molecule has 6 nitrogen and oxygen atoms in total. The van der Waals surface area contributed by atoms with E-state index in [1.807, 2.05) is 26.0 Å². The summed E-state index contributed by atoms with van der Waals surface area (Å²) in [5, 5.41) is 0.389. The highest BCUT2D eigenvalue weighted by atomic mass is 35.5. The fourth-order valence-corrected chi connectivity index (χ4v) is 4.35. The number of carbonyl (C=O) groups is 1. The zero-order chi connectivity index (χ0) is 22.4. The number of hydrogen-bond acceptors (Lipinski definition) is 5. The molecule has 0 radical (unpaired) electrons. The Morgan fingerprint density at radius 1 is 0.871 bits per heavy atom. The van der Waals surface area contributed by atoms with Gasteiger partial charge in [-0.3, -0.25) is 4.79 Å². The first-order valence-corrected chi connectivity index (χ1v) is 11.4. The van der Waals surface area contributed by atoms with Gasteiger partial charge in [0.1, 0.15) is 11.5 Å². The minimum atomic E-state index is -4.20. The largest absolute Gasteiger partial charge is 0.494 e. The van der Waals surface area contributed by atoms with Crippen LogP contribution in [0.3, 0.4) is 0 Å². The van der Waals surface area contributed by atoms with Crippen molar-refractivity contribution in [3.63, 3.8) is 0 Å². The average molecular weight is 460 g/mol. The number of anilines is 1. The van der Waals surface area contributed by atoms with Crippen molar-refractivity contribution in [1.29, 1.82) is 0 Å². The lowest BCUT2D eigenvalue weighted by molar-refractivity contribution is -0.119. The number of amides is 1. The fraction of sp³-hybridized carbons (Fsp3) is 0.174. The zero-order valence-electron chi connectivity index (χ0n) is 17.1. The van der Waals surface area contributed by atoms with Gasteiger partial charge in [0, 0.05) is 5.02 Å². The monoisotopic (exact) mass is 459 g/mol. The summed E-state index contributed by atoms with van der Waals surface area (Å²) < 4.78 is 38.3. The van der Waals surface area contributed by atoms with Crippen LogP contribution in [-0.2, 0) is 14.8 Å². The van der Waals surface area contributed by atoms with E-state index in [0.717, 1.165) is 9.87 Å². The van der Waals surface area contributed by atoms with Gasteiger partial charge in [-0.15, -0.1) is 0 Å². The minimum Gasteiger partial charge on any atom is -0.494 e. The van der Waals surface area contributed by atoms with Gasteiger partial charge in [-0.2, -0.15) is 4.31 Å². The molecule has 0 aromatic heterocycles. The minimum absolute atomic E-state index is 0.0607. The van der Waals surface area contributed by atoms with Crippen LogP contribution in [0.25, 0.3) is 0 Å². The normalized spacial score (nSPS) is 11.1. The first-order chi connectivity index (χ1) is 14.8. The fourth-order valence-electron chi connectivity index (χ4n) is 2.81. The molecule has 0 saturated carbocycles. The van der Waals surface area contributed by atoms with Crippen LogP contribution >= 0.6 is 11.6 Å². The summed E-state index contributed by atoms with van der Waals surface area (Å²) in [6.45, 7) is 3.79. The molecule has 8 heteroatoms. The van der Waals surface area contributed by atoms with E-state index in [1.54, 1.807) is 24.3 Å². The molecule has 0 spiro atoms. The molecule has 0 heterocycles. The predicted octanol–water partition coefficient (Wildman–Crippen LogP) is 4.85. The Balaban J connectivity index is 1.93. The second kappa shape index (κ2) is 9.85. The molecule has 3 rings (SSSR count). The van der Waals surface area contributed by atoms with Crippen molar-refractivity contribution in [3.8, 4) is 11.5 Å². The third-order valence-electron chi connectivity index (χ3n) is 4.34. The van der Waals surface area contributed by atoms with Crippen molar-refractivity contribution in [2.45, 2.75) is 18.7 Å². The zero-order valence-corrected chi connectivity index (χ0v) is 18.7. The molecule has 0 fully saturated rings. The highest BCUT2D eigenvalue weighted by Crippen LogP contribution is 2.27. The van der Waals surface area contributed by atoms with Gasteiger partial charge in [0.25, 0.3) is 15.9 Å². The van der Waals surface area contributed by atoms with Crippen LogP contribution < -0.4 is 13.8 Å². The number of halogens is 1. The topological polar surface area (TPSA) is 72.9 Å². The Morgan fingerprint density at radius 2 is 1.42 bits per heavy atom. The van der Waals surface area contributed by atoms with E-state index in [2.05, 4.69) is 0 Å². The number of benzene rings is 3. The third kappa shape index (κ3) is 5.57. The van der Waals surface area contributed by atoms with Crippen molar-refractivity contribution < 1.29 is 22.7 Å². The molecule has 3 aromatic rings. The van der Waals surface area contributed by atoms with Crippen LogP contribution in [0.15, 0.2) is 77.7 Å². The Morgan fingerprint density at radius 3 is 2.00 bits per heavy atom. The Bertz CT molecular complexity index is 1130. The summed E-state index contributed by atoms with van der Waals surface area (Å²) in [5.41, 5.74) is 1.22. The van der Waals surface area contributed by atoms with E-state index in [9.17, 15) is 13.2 Å². The second-order valence-electron chi connectivity index (χ2n) is 6.65. The van der Waals surface area contributed by atoms with Gasteiger partial charge in [-0.05, 0) is 74.5 Å². The molecule has 0 bridgehead atoms. The maximum atomic E-state index is 13.3. The average Bonchev–Trinajstić information content (AvgIpc) is 2.75. The van der Waals surface area contributed by atoms with E-state index >= 15 is 0 Å². The van der Waals surface area contributed by atoms with Gasteiger partial charge in [-0.25, -0.2) is 8.42 Å². The Hall–Kier alpha value is -3.03. The summed E-state index contributed by atoms with van der Waals surface area (Å²) >= 11 is 5.89. The van der Waals surface area contributed by atoms with Crippen molar-refractivity contribution in [2.75, 3.05) is 17.5 Å². The highest BCUT2D eigenvalue weighted by molar-refractivity contribution is 7.93. The second-order valence-corrected chi connectivity index (χ2v) is 8.87. The Kier molecular flexibility index (Phi) is 7.20. The van der Waals surface area contributed by atoms with Gasteiger partial charge in [0.05, 0.1) is 17.2 Å². The van der Waals surface area contributed by atoms with Crippen LogP contribution in [0, 0.1) is 6.92 Å². The summed E-state index contributed by atoms with van der Waals surface area (Å²) in [6.07, 6.45) is 0. The molecular weight excluding hydrogens is 438 g/mol. The number of hydrogen-bond donors (Lipinski definition) is 0. The van der Waals surface area contributed by atoms with E-state index in [1.165, 1.54) is 36.4 Å². The van der Waals surface area contributed by atoms with Gasteiger partial charge in [0.2, 0.25) is 0 Å². The third-order valence-corrected chi connectivity index (χ3v) is 6.36. The van der Waals surface area contributed by atoms with Crippen LogP contribution in [0.4, 0.5) is 5.69 Å². The lowest BCUT2D eigenvalue weighted by Gasteiger charge is -2.23. The summed E-state index contributed by atoms with van der Waals surface area (Å²) in [6, 6.07) is 19.0. The van der Waals surface area contributed by atoms with Crippen molar-refractivity contribution in [3.05, 3.63) is 83.4 Å². The molecule has 162 valence electrons. The SMILES string of the molecule is CCOc1ccc(N(C(=O)COc2ccc(C)cc2)S(=O)(=O)c2ccc(Cl)cc2)cc1. The molecule has 0 N–H and O–H groups in total. The van der Waals surface area contributed by atoms with Gasteiger partial charge < -0.3 is 9.47 Å². The standard InChI is InChI=1S/C23H22ClNO5S/c1-3-29-20-12-8-19(9-13-20)25(31(27,28)22-14-6-18(24)7-15-22)23(26)16-30-21-10-4-17(2)5-11-21/h4-15H,3,16H2,1-2H3. The Labute approximate surface area is 187 Å². The van der Waals surface area contributed by atoms with E-state index in [-0.39, 0.29) is 10.6 Å². The maximum Gasteiger partial charge on any atom is 0.278 e. The molecular formula is C23H22ClNO5S. The molecule has 1 amide bonds. The first-order valence-electron chi connectivity index (χ1n) is 9.57. The summed E-state index contributed by atoms with van der Waals surface area (Å²) in [5.74, 6) is 0.299. The number of aryl methyl sites for hydroxylation is 1. The molecule has 0 aliphatic heterocycles. The molecule has 31 heavy (non-hydrogen) atoms. The summed E-state index contributed by atoms with van der Waals surface area (Å²) in [7, 11) is -4.20. The van der Waals surface area contributed by atoms with Crippen LogP contribution in [0.1, 0.15) is 12.5 Å². The van der Waals surface area contributed by atoms with Gasteiger partial charge in [0.15, 0.2) is 6.61 Å². The first kappa shape index (κ1) is 22.7. The van der Waals surface area contributed by atoms with Gasteiger partial charge >= 0.3 is 0 Å². The highest BCUT2D eigenvalue weighted by Gasteiger charge is 2.31.